The summed E-state index contributed by atoms with van der Waals surface area (Å²) in [7, 11) is 1.39. The van der Waals surface area contributed by atoms with Crippen LogP contribution in [0.1, 0.15) is 29.3 Å². The summed E-state index contributed by atoms with van der Waals surface area (Å²) in [6.45, 7) is 4.74. The van der Waals surface area contributed by atoms with Gasteiger partial charge in [0.2, 0.25) is 0 Å². The normalized spacial score (nSPS) is 20.2. The topological polar surface area (TPSA) is 47.6 Å². The van der Waals surface area contributed by atoms with Crippen LogP contribution in [0.5, 0.6) is 0 Å². The van der Waals surface area contributed by atoms with Crippen LogP contribution in [0, 0.1) is 5.92 Å². The molecule has 4 nitrogen and oxygen atoms in total. The number of ether oxygens (including phenoxy) is 2. The van der Waals surface area contributed by atoms with E-state index in [2.05, 4.69) is 17.0 Å². The second-order valence-electron chi connectivity index (χ2n) is 4.98. The predicted molar refractivity (Wildman–Crippen MR) is 73.0 cm³/mol. The van der Waals surface area contributed by atoms with Crippen molar-refractivity contribution in [3.05, 3.63) is 35.4 Å². The molecule has 104 valence electrons. The lowest BCUT2D eigenvalue weighted by Gasteiger charge is -2.19. The van der Waals surface area contributed by atoms with E-state index < -0.39 is 0 Å². The standard InChI is InChI=1S/C15H21NO3/c1-11(14-7-8-19-10-14)16-9-12-3-5-13(6-4-12)15(17)18-2/h3-6,11,14,16H,7-10H2,1-2H3/t11-,14+/m1/s1. The minimum atomic E-state index is -0.295. The molecule has 4 heteroatoms. The van der Waals surface area contributed by atoms with Gasteiger partial charge in [0.15, 0.2) is 0 Å². The molecule has 1 aliphatic rings. The van der Waals surface area contributed by atoms with Crippen molar-refractivity contribution >= 4 is 5.97 Å². The van der Waals surface area contributed by atoms with Crippen molar-refractivity contribution in [3.8, 4) is 0 Å². The SMILES string of the molecule is COC(=O)c1ccc(CN[C@H](C)[C@H]2CCOC2)cc1. The number of carbonyl (C=O) groups excluding carboxylic acids is 1. The largest absolute Gasteiger partial charge is 0.465 e. The van der Waals surface area contributed by atoms with Crippen LogP contribution in [0.4, 0.5) is 0 Å². The Morgan fingerprint density at radius 2 is 2.21 bits per heavy atom. The fraction of sp³-hybridized carbons (Fsp3) is 0.533. The van der Waals surface area contributed by atoms with E-state index in [0.717, 1.165) is 26.2 Å². The molecule has 1 fully saturated rings. The van der Waals surface area contributed by atoms with Crippen LogP contribution in [0.2, 0.25) is 0 Å². The molecule has 0 aromatic heterocycles. The van der Waals surface area contributed by atoms with E-state index in [1.165, 1.54) is 12.7 Å². The maximum absolute atomic E-state index is 11.3. The van der Waals surface area contributed by atoms with E-state index in [-0.39, 0.29) is 5.97 Å². The van der Waals surface area contributed by atoms with Gasteiger partial charge in [-0.15, -0.1) is 0 Å². The monoisotopic (exact) mass is 263 g/mol. The zero-order chi connectivity index (χ0) is 13.7. The van der Waals surface area contributed by atoms with Crippen LogP contribution >= 0.6 is 0 Å². The molecule has 0 unspecified atom stereocenters. The molecule has 0 bridgehead atoms. The molecular formula is C15H21NO3. The fourth-order valence-electron chi connectivity index (χ4n) is 2.27. The molecular weight excluding hydrogens is 242 g/mol. The van der Waals surface area contributed by atoms with Crippen molar-refractivity contribution in [2.75, 3.05) is 20.3 Å². The summed E-state index contributed by atoms with van der Waals surface area (Å²) in [5.41, 5.74) is 1.75. The average Bonchev–Trinajstić information content (AvgIpc) is 2.98. The molecule has 2 rings (SSSR count). The van der Waals surface area contributed by atoms with Gasteiger partial charge in [-0.05, 0) is 37.0 Å². The molecule has 0 radical (unpaired) electrons. The molecule has 0 aliphatic carbocycles. The molecule has 1 saturated heterocycles. The van der Waals surface area contributed by atoms with Crippen LogP contribution in [-0.2, 0) is 16.0 Å². The number of methoxy groups -OCH3 is 1. The molecule has 0 saturated carbocycles. The Bertz CT molecular complexity index is 410. The van der Waals surface area contributed by atoms with Gasteiger partial charge in [-0.2, -0.15) is 0 Å². The summed E-state index contributed by atoms with van der Waals surface area (Å²) in [4.78, 5) is 11.3. The van der Waals surface area contributed by atoms with Crippen LogP contribution in [0.3, 0.4) is 0 Å². The highest BCUT2D eigenvalue weighted by molar-refractivity contribution is 5.89. The molecule has 1 aromatic carbocycles. The lowest BCUT2D eigenvalue weighted by Crippen LogP contribution is -2.33. The first kappa shape index (κ1) is 14.0. The van der Waals surface area contributed by atoms with E-state index in [4.69, 9.17) is 4.74 Å². The summed E-state index contributed by atoms with van der Waals surface area (Å²) in [5.74, 6) is 0.310. The summed E-state index contributed by atoms with van der Waals surface area (Å²) < 4.78 is 10.1. The number of rotatable bonds is 5. The Kier molecular flexibility index (Phi) is 4.93. The van der Waals surface area contributed by atoms with Gasteiger partial charge in [-0.25, -0.2) is 4.79 Å². The first-order valence-corrected chi connectivity index (χ1v) is 6.69. The van der Waals surface area contributed by atoms with E-state index in [1.54, 1.807) is 12.1 Å². The first-order chi connectivity index (χ1) is 9.20. The number of nitrogens with one attached hydrogen (secondary N) is 1. The number of benzene rings is 1. The molecule has 19 heavy (non-hydrogen) atoms. The van der Waals surface area contributed by atoms with Crippen molar-refractivity contribution < 1.29 is 14.3 Å². The van der Waals surface area contributed by atoms with Crippen molar-refractivity contribution in [2.24, 2.45) is 5.92 Å². The second-order valence-corrected chi connectivity index (χ2v) is 4.98. The lowest BCUT2D eigenvalue weighted by molar-refractivity contribution is 0.0600. The third kappa shape index (κ3) is 3.78. The van der Waals surface area contributed by atoms with Crippen LogP contribution in [-0.4, -0.2) is 32.3 Å². The summed E-state index contributed by atoms with van der Waals surface area (Å²) in [6, 6.07) is 7.95. The Morgan fingerprint density at radius 3 is 2.79 bits per heavy atom. The number of carbonyl (C=O) groups is 1. The van der Waals surface area contributed by atoms with Gasteiger partial charge in [0.1, 0.15) is 0 Å². The summed E-state index contributed by atoms with van der Waals surface area (Å²) in [6.07, 6.45) is 1.13. The van der Waals surface area contributed by atoms with E-state index >= 15 is 0 Å². The van der Waals surface area contributed by atoms with Crippen molar-refractivity contribution in [2.45, 2.75) is 25.9 Å². The van der Waals surface area contributed by atoms with Crippen LogP contribution < -0.4 is 5.32 Å². The Labute approximate surface area is 114 Å². The lowest BCUT2D eigenvalue weighted by atomic mass is 10.0. The quantitative estimate of drug-likeness (QED) is 0.825. The van der Waals surface area contributed by atoms with E-state index in [9.17, 15) is 4.79 Å². The van der Waals surface area contributed by atoms with Gasteiger partial charge < -0.3 is 14.8 Å². The van der Waals surface area contributed by atoms with Gasteiger partial charge in [0.25, 0.3) is 0 Å². The average molecular weight is 263 g/mol. The fourth-order valence-corrected chi connectivity index (χ4v) is 2.27. The van der Waals surface area contributed by atoms with Crippen molar-refractivity contribution in [3.63, 3.8) is 0 Å². The smallest absolute Gasteiger partial charge is 0.337 e. The molecule has 1 heterocycles. The molecule has 0 spiro atoms. The first-order valence-electron chi connectivity index (χ1n) is 6.69. The summed E-state index contributed by atoms with van der Waals surface area (Å²) >= 11 is 0. The highest BCUT2D eigenvalue weighted by Crippen LogP contribution is 2.16. The zero-order valence-corrected chi connectivity index (χ0v) is 11.5. The van der Waals surface area contributed by atoms with Crippen molar-refractivity contribution in [1.29, 1.82) is 0 Å². The highest BCUT2D eigenvalue weighted by Gasteiger charge is 2.21. The molecule has 1 aliphatic heterocycles. The second kappa shape index (κ2) is 6.68. The highest BCUT2D eigenvalue weighted by atomic mass is 16.5. The minimum absolute atomic E-state index is 0.295. The van der Waals surface area contributed by atoms with Crippen molar-refractivity contribution in [1.82, 2.24) is 5.32 Å². The van der Waals surface area contributed by atoms with Gasteiger partial charge in [0, 0.05) is 19.2 Å². The van der Waals surface area contributed by atoms with Gasteiger partial charge >= 0.3 is 5.97 Å². The Hall–Kier alpha value is -1.39. The molecule has 1 aromatic rings. The van der Waals surface area contributed by atoms with E-state index in [1.807, 2.05) is 12.1 Å². The predicted octanol–water partition coefficient (Wildman–Crippen LogP) is 1.99. The molecule has 1 N–H and O–H groups in total. The summed E-state index contributed by atoms with van der Waals surface area (Å²) in [5, 5.41) is 3.51. The van der Waals surface area contributed by atoms with Gasteiger partial charge in [-0.1, -0.05) is 12.1 Å². The number of esters is 1. The molecule has 2 atom stereocenters. The van der Waals surface area contributed by atoms with Crippen LogP contribution in [0.15, 0.2) is 24.3 Å². The third-order valence-electron chi connectivity index (χ3n) is 3.68. The van der Waals surface area contributed by atoms with Gasteiger partial charge in [0.05, 0.1) is 19.3 Å². The van der Waals surface area contributed by atoms with E-state index in [0.29, 0.717) is 17.5 Å². The number of hydrogen-bond acceptors (Lipinski definition) is 4. The number of hydrogen-bond donors (Lipinski definition) is 1. The Balaban J connectivity index is 1.84. The maximum Gasteiger partial charge on any atom is 0.337 e. The zero-order valence-electron chi connectivity index (χ0n) is 11.5. The van der Waals surface area contributed by atoms with Gasteiger partial charge in [-0.3, -0.25) is 0 Å². The third-order valence-corrected chi connectivity index (χ3v) is 3.68. The minimum Gasteiger partial charge on any atom is -0.465 e. The molecule has 0 amide bonds. The Morgan fingerprint density at radius 1 is 1.47 bits per heavy atom. The van der Waals surface area contributed by atoms with Crippen LogP contribution in [0.25, 0.3) is 0 Å². The maximum atomic E-state index is 11.3.